The Morgan fingerprint density at radius 2 is 1.92 bits per heavy atom. The maximum atomic E-state index is 13.4. The Morgan fingerprint density at radius 1 is 1.16 bits per heavy atom. The van der Waals surface area contributed by atoms with Gasteiger partial charge in [-0.1, -0.05) is 12.1 Å². The number of benzene rings is 2. The first-order chi connectivity index (χ1) is 18.1. The van der Waals surface area contributed by atoms with Crippen molar-refractivity contribution in [2.45, 2.75) is 57.6 Å². The van der Waals surface area contributed by atoms with Gasteiger partial charge in [-0.25, -0.2) is 4.79 Å². The Kier molecular flexibility index (Phi) is 5.55. The maximum absolute atomic E-state index is 13.4. The molecule has 9 nitrogen and oxygen atoms in total. The molecule has 1 aliphatic heterocycles. The van der Waals surface area contributed by atoms with Gasteiger partial charge >= 0.3 is 6.09 Å². The molecule has 0 saturated heterocycles. The van der Waals surface area contributed by atoms with Crippen LogP contribution in [0.25, 0.3) is 28.0 Å². The Bertz CT molecular complexity index is 1530. The first kappa shape index (κ1) is 24.2. The molecule has 9 heteroatoms. The topological polar surface area (TPSA) is 102 Å². The summed E-state index contributed by atoms with van der Waals surface area (Å²) in [4.78, 5) is 27.5. The number of amides is 2. The van der Waals surface area contributed by atoms with Crippen molar-refractivity contribution in [3.8, 4) is 17.1 Å². The molecule has 1 saturated carbocycles. The molecular formula is C29H31N5O4. The molecule has 0 unspecified atom stereocenters. The van der Waals surface area contributed by atoms with E-state index < -0.39 is 5.60 Å². The fourth-order valence-corrected chi connectivity index (χ4v) is 5.27. The summed E-state index contributed by atoms with van der Waals surface area (Å²) < 4.78 is 12.9. The van der Waals surface area contributed by atoms with Crippen LogP contribution in [-0.4, -0.2) is 56.4 Å². The van der Waals surface area contributed by atoms with Crippen molar-refractivity contribution in [3.05, 3.63) is 65.7 Å². The fourth-order valence-electron chi connectivity index (χ4n) is 5.27. The Balaban J connectivity index is 1.33. The zero-order valence-electron chi connectivity index (χ0n) is 22.1. The second-order valence-corrected chi connectivity index (χ2v) is 11.4. The molecule has 1 N–H and O–H groups in total. The highest BCUT2D eigenvalue weighted by atomic mass is 16.6. The highest BCUT2D eigenvalue weighted by molar-refractivity contribution is 6.04. The Morgan fingerprint density at radius 3 is 2.58 bits per heavy atom. The molecular weight excluding hydrogens is 482 g/mol. The number of hydrogen-bond acceptors (Lipinski definition) is 6. The van der Waals surface area contributed by atoms with Crippen molar-refractivity contribution in [1.29, 1.82) is 0 Å². The third-order valence-corrected chi connectivity index (χ3v) is 7.28. The van der Waals surface area contributed by atoms with Crippen molar-refractivity contribution in [2.75, 3.05) is 13.6 Å². The van der Waals surface area contributed by atoms with E-state index in [1.165, 1.54) is 6.39 Å². The smallest absolute Gasteiger partial charge is 0.408 e. The molecule has 1 fully saturated rings. The summed E-state index contributed by atoms with van der Waals surface area (Å²) in [5.41, 5.74) is 4.75. The molecule has 196 valence electrons. The normalized spacial score (nSPS) is 16.4. The molecule has 6 rings (SSSR count). The average molecular weight is 514 g/mol. The van der Waals surface area contributed by atoms with Gasteiger partial charge in [-0.2, -0.15) is 0 Å². The van der Waals surface area contributed by atoms with E-state index in [4.69, 9.17) is 9.15 Å². The van der Waals surface area contributed by atoms with Gasteiger partial charge < -0.3 is 23.9 Å². The van der Waals surface area contributed by atoms with Gasteiger partial charge in [0, 0.05) is 35.8 Å². The van der Waals surface area contributed by atoms with Crippen molar-refractivity contribution in [3.63, 3.8) is 0 Å². The van der Waals surface area contributed by atoms with Gasteiger partial charge in [-0.05, 0) is 87.9 Å². The number of aromatic nitrogens is 3. The number of alkyl carbamates (subject to hydrolysis) is 1. The van der Waals surface area contributed by atoms with Crippen molar-refractivity contribution < 1.29 is 18.7 Å². The monoisotopic (exact) mass is 513 g/mol. The number of rotatable bonds is 5. The lowest BCUT2D eigenvalue weighted by Gasteiger charge is -2.24. The molecule has 0 atom stereocenters. The minimum Gasteiger partial charge on any atom is -0.444 e. The third-order valence-electron chi connectivity index (χ3n) is 7.28. The van der Waals surface area contributed by atoms with Crippen LogP contribution in [0.5, 0.6) is 0 Å². The van der Waals surface area contributed by atoms with Gasteiger partial charge in [-0.15, -0.1) is 10.2 Å². The molecule has 2 amide bonds. The van der Waals surface area contributed by atoms with Crippen LogP contribution in [0.15, 0.2) is 53.3 Å². The van der Waals surface area contributed by atoms with E-state index in [1.807, 2.05) is 58.2 Å². The van der Waals surface area contributed by atoms with Crippen molar-refractivity contribution in [1.82, 2.24) is 25.0 Å². The van der Waals surface area contributed by atoms with E-state index in [9.17, 15) is 9.59 Å². The van der Waals surface area contributed by atoms with Crippen LogP contribution in [0.3, 0.4) is 0 Å². The predicted octanol–water partition coefficient (Wildman–Crippen LogP) is 4.91. The number of likely N-dealkylation sites (N-methyl/N-ethyl adjacent to an activating group) is 1. The lowest BCUT2D eigenvalue weighted by atomic mass is 10.0. The van der Waals surface area contributed by atoms with Crippen LogP contribution in [-0.2, 0) is 17.6 Å². The summed E-state index contributed by atoms with van der Waals surface area (Å²) in [6.07, 6.45) is 4.28. The second-order valence-electron chi connectivity index (χ2n) is 11.4. The maximum Gasteiger partial charge on any atom is 0.408 e. The van der Waals surface area contributed by atoms with E-state index in [0.29, 0.717) is 18.1 Å². The standard InChI is InChI=1S/C29H31N5O4/c1-28(2,3)38-27(36)31-29(12-13-29)16-18-5-8-20(9-6-18)34-23-10-7-19(25-32-30-17-37-25)15-22(23)21-11-14-33(4)26(35)24(21)34/h5-10,15,17H,11-14,16H2,1-4H3,(H,31,36). The summed E-state index contributed by atoms with van der Waals surface area (Å²) >= 11 is 0. The molecule has 2 aliphatic rings. The molecule has 38 heavy (non-hydrogen) atoms. The molecule has 2 aromatic heterocycles. The van der Waals surface area contributed by atoms with Crippen LogP contribution < -0.4 is 5.32 Å². The number of hydrogen-bond donors (Lipinski definition) is 1. The summed E-state index contributed by atoms with van der Waals surface area (Å²) in [5, 5.41) is 11.9. The van der Waals surface area contributed by atoms with E-state index in [1.54, 1.807) is 4.90 Å². The molecule has 0 radical (unpaired) electrons. The predicted molar refractivity (Wildman–Crippen MR) is 142 cm³/mol. The van der Waals surface area contributed by atoms with E-state index in [0.717, 1.165) is 59.0 Å². The van der Waals surface area contributed by atoms with Crippen LogP contribution in [0, 0.1) is 0 Å². The zero-order valence-corrected chi connectivity index (χ0v) is 22.1. The van der Waals surface area contributed by atoms with Gasteiger partial charge in [0.25, 0.3) is 5.91 Å². The van der Waals surface area contributed by atoms with Crippen LogP contribution in [0.4, 0.5) is 4.79 Å². The molecule has 0 spiro atoms. The van der Waals surface area contributed by atoms with E-state index in [-0.39, 0.29) is 17.5 Å². The lowest BCUT2D eigenvalue weighted by Crippen LogP contribution is -2.41. The highest BCUT2D eigenvalue weighted by Crippen LogP contribution is 2.40. The number of fused-ring (bicyclic) bond motifs is 3. The highest BCUT2D eigenvalue weighted by Gasteiger charge is 2.45. The number of nitrogens with zero attached hydrogens (tertiary/aromatic N) is 4. The van der Waals surface area contributed by atoms with Crippen LogP contribution in [0.1, 0.15) is 55.2 Å². The third kappa shape index (κ3) is 4.42. The number of nitrogens with one attached hydrogen (secondary N) is 1. The Labute approximate surface area is 220 Å². The molecule has 2 aromatic carbocycles. The quantitative estimate of drug-likeness (QED) is 0.407. The van der Waals surface area contributed by atoms with Gasteiger partial charge in [0.1, 0.15) is 11.3 Å². The van der Waals surface area contributed by atoms with Crippen molar-refractivity contribution >= 4 is 22.9 Å². The SMILES string of the molecule is CN1CCc2c(n(-c3ccc(CC4(NC(=O)OC(C)(C)C)CC4)cc3)c3ccc(-c4nnco4)cc23)C1=O. The number of carbonyl (C=O) groups is 2. The fraction of sp³-hybridized carbons (Fsp3) is 0.379. The summed E-state index contributed by atoms with van der Waals surface area (Å²) in [5.74, 6) is 0.454. The minimum absolute atomic E-state index is 0.00404. The molecule has 0 bridgehead atoms. The average Bonchev–Trinajstić information content (AvgIpc) is 3.27. The summed E-state index contributed by atoms with van der Waals surface area (Å²) in [7, 11) is 1.84. The number of ether oxygens (including phenoxy) is 1. The van der Waals surface area contributed by atoms with Gasteiger partial charge in [0.15, 0.2) is 0 Å². The second kappa shape index (κ2) is 8.72. The van der Waals surface area contributed by atoms with E-state index in [2.05, 4.69) is 32.2 Å². The Hall–Kier alpha value is -4.14. The molecule has 3 heterocycles. The van der Waals surface area contributed by atoms with Gasteiger partial charge in [0.2, 0.25) is 12.3 Å². The summed E-state index contributed by atoms with van der Waals surface area (Å²) in [6, 6.07) is 14.2. The van der Waals surface area contributed by atoms with Crippen molar-refractivity contribution in [2.24, 2.45) is 0 Å². The van der Waals surface area contributed by atoms with Crippen LogP contribution in [0.2, 0.25) is 0 Å². The lowest BCUT2D eigenvalue weighted by molar-refractivity contribution is 0.0496. The summed E-state index contributed by atoms with van der Waals surface area (Å²) in [6.45, 7) is 6.26. The zero-order chi connectivity index (χ0) is 26.7. The molecule has 1 aliphatic carbocycles. The minimum atomic E-state index is -0.530. The first-order valence-electron chi connectivity index (χ1n) is 12.9. The van der Waals surface area contributed by atoms with Gasteiger partial charge in [-0.3, -0.25) is 4.79 Å². The van der Waals surface area contributed by atoms with Crippen LogP contribution >= 0.6 is 0 Å². The number of carbonyl (C=O) groups excluding carboxylic acids is 2. The molecule has 4 aromatic rings. The largest absolute Gasteiger partial charge is 0.444 e. The first-order valence-corrected chi connectivity index (χ1v) is 12.9. The van der Waals surface area contributed by atoms with Gasteiger partial charge in [0.05, 0.1) is 5.52 Å². The van der Waals surface area contributed by atoms with E-state index >= 15 is 0 Å².